The second-order valence-corrected chi connectivity index (χ2v) is 3.92. The molecule has 0 radical (unpaired) electrons. The first-order chi connectivity index (χ1) is 9.12. The number of nitriles is 1. The van der Waals surface area contributed by atoms with E-state index in [1.54, 1.807) is 18.2 Å². The number of hydrogen-bond donors (Lipinski definition) is 1. The lowest BCUT2D eigenvalue weighted by molar-refractivity contribution is -0.116. The van der Waals surface area contributed by atoms with Gasteiger partial charge in [-0.3, -0.25) is 9.69 Å². The zero-order valence-corrected chi connectivity index (χ0v) is 10.6. The van der Waals surface area contributed by atoms with E-state index in [-0.39, 0.29) is 23.7 Å². The van der Waals surface area contributed by atoms with Crippen LogP contribution in [0, 0.1) is 11.3 Å². The van der Waals surface area contributed by atoms with Crippen LogP contribution in [0.2, 0.25) is 0 Å². The molecule has 0 aliphatic carbocycles. The summed E-state index contributed by atoms with van der Waals surface area (Å²) in [5.41, 5.74) is 6.59. The van der Waals surface area contributed by atoms with Crippen LogP contribution in [0.5, 0.6) is 11.5 Å². The van der Waals surface area contributed by atoms with Crippen LogP contribution in [-0.2, 0) is 4.79 Å². The number of rotatable bonds is 3. The van der Waals surface area contributed by atoms with E-state index in [0.29, 0.717) is 17.2 Å². The first-order valence-corrected chi connectivity index (χ1v) is 5.56. The first kappa shape index (κ1) is 12.8. The molecule has 0 unspecified atom stereocenters. The summed E-state index contributed by atoms with van der Waals surface area (Å²) in [5, 5.41) is 8.91. The predicted octanol–water partition coefficient (Wildman–Crippen LogP) is 1.13. The summed E-state index contributed by atoms with van der Waals surface area (Å²) in [7, 11) is 3.03. The van der Waals surface area contributed by atoms with Gasteiger partial charge in [0.15, 0.2) is 0 Å². The van der Waals surface area contributed by atoms with Crippen molar-refractivity contribution in [2.45, 2.75) is 6.42 Å². The van der Waals surface area contributed by atoms with Crippen molar-refractivity contribution in [3.05, 3.63) is 29.6 Å². The van der Waals surface area contributed by atoms with Gasteiger partial charge in [-0.2, -0.15) is 5.26 Å². The van der Waals surface area contributed by atoms with E-state index in [0.717, 1.165) is 0 Å². The number of benzene rings is 1. The van der Waals surface area contributed by atoms with Crippen LogP contribution in [0.1, 0.15) is 6.42 Å². The number of nitrogens with two attached hydrogens (primary N) is 1. The molecule has 6 heteroatoms. The normalized spacial score (nSPS) is 14.6. The first-order valence-electron chi connectivity index (χ1n) is 5.56. The summed E-state index contributed by atoms with van der Waals surface area (Å²) in [4.78, 5) is 13.2. The topological polar surface area (TPSA) is 88.6 Å². The standard InChI is InChI=1S/C13H13N3O3/c1-18-9-3-4-10(11(6-9)19-2)16-12(17)5-8(7-14)13(16)15/h3-4,6H,5,15H2,1-2H3. The fourth-order valence-corrected chi connectivity index (χ4v) is 1.92. The maximum absolute atomic E-state index is 11.9. The molecule has 2 N–H and O–H groups in total. The van der Waals surface area contributed by atoms with Gasteiger partial charge in [0, 0.05) is 6.07 Å². The van der Waals surface area contributed by atoms with Gasteiger partial charge in [-0.05, 0) is 12.1 Å². The lowest BCUT2D eigenvalue weighted by Crippen LogP contribution is -2.29. The molecule has 1 aromatic rings. The predicted molar refractivity (Wildman–Crippen MR) is 68.5 cm³/mol. The lowest BCUT2D eigenvalue weighted by Gasteiger charge is -2.20. The minimum absolute atomic E-state index is 0.0114. The molecule has 1 heterocycles. The zero-order chi connectivity index (χ0) is 14.0. The van der Waals surface area contributed by atoms with Crippen LogP contribution in [0.4, 0.5) is 5.69 Å². The molecular formula is C13H13N3O3. The summed E-state index contributed by atoms with van der Waals surface area (Å²) in [5.74, 6) is 0.957. The van der Waals surface area contributed by atoms with Crippen LogP contribution >= 0.6 is 0 Å². The molecule has 0 fully saturated rings. The van der Waals surface area contributed by atoms with Crippen molar-refractivity contribution in [1.29, 1.82) is 5.26 Å². The van der Waals surface area contributed by atoms with E-state index in [9.17, 15) is 4.79 Å². The van der Waals surface area contributed by atoms with Gasteiger partial charge in [0.05, 0.1) is 38.0 Å². The van der Waals surface area contributed by atoms with E-state index in [1.807, 2.05) is 6.07 Å². The van der Waals surface area contributed by atoms with Gasteiger partial charge in [0.1, 0.15) is 17.3 Å². The smallest absolute Gasteiger partial charge is 0.238 e. The van der Waals surface area contributed by atoms with Gasteiger partial charge in [-0.15, -0.1) is 0 Å². The van der Waals surface area contributed by atoms with Gasteiger partial charge >= 0.3 is 0 Å². The fourth-order valence-electron chi connectivity index (χ4n) is 1.92. The van der Waals surface area contributed by atoms with Crippen molar-refractivity contribution in [2.24, 2.45) is 5.73 Å². The number of hydrogen-bond acceptors (Lipinski definition) is 5. The number of ether oxygens (including phenoxy) is 2. The summed E-state index contributed by atoms with van der Waals surface area (Å²) in [6.07, 6.45) is 0.0114. The molecule has 0 atom stereocenters. The average molecular weight is 259 g/mol. The van der Waals surface area contributed by atoms with E-state index in [1.165, 1.54) is 19.1 Å². The Balaban J connectivity index is 2.51. The zero-order valence-electron chi connectivity index (χ0n) is 10.6. The van der Waals surface area contributed by atoms with Gasteiger partial charge in [0.2, 0.25) is 5.91 Å². The van der Waals surface area contributed by atoms with Gasteiger partial charge in [-0.25, -0.2) is 0 Å². The minimum atomic E-state index is -0.252. The number of anilines is 1. The largest absolute Gasteiger partial charge is 0.497 e. The Hall–Kier alpha value is -2.68. The summed E-state index contributed by atoms with van der Waals surface area (Å²) in [6, 6.07) is 6.95. The SMILES string of the molecule is COc1ccc(N2C(=O)CC(C#N)=C2N)c(OC)c1. The van der Waals surface area contributed by atoms with Crippen molar-refractivity contribution >= 4 is 11.6 Å². The number of nitrogens with zero attached hydrogens (tertiary/aromatic N) is 2. The molecule has 0 spiro atoms. The molecule has 19 heavy (non-hydrogen) atoms. The van der Waals surface area contributed by atoms with Crippen LogP contribution < -0.4 is 20.1 Å². The molecule has 0 aromatic heterocycles. The van der Waals surface area contributed by atoms with Crippen molar-refractivity contribution in [3.8, 4) is 17.6 Å². The molecule has 6 nitrogen and oxygen atoms in total. The summed E-state index contributed by atoms with van der Waals surface area (Å²) >= 11 is 0. The second-order valence-electron chi connectivity index (χ2n) is 3.92. The third kappa shape index (κ3) is 2.06. The fraction of sp³-hybridized carbons (Fsp3) is 0.231. The van der Waals surface area contributed by atoms with E-state index < -0.39 is 0 Å². The Kier molecular flexibility index (Phi) is 3.29. The summed E-state index contributed by atoms with van der Waals surface area (Å²) < 4.78 is 10.3. The second kappa shape index (κ2) is 4.90. The molecule has 98 valence electrons. The molecule has 1 aromatic carbocycles. The summed E-state index contributed by atoms with van der Waals surface area (Å²) in [6.45, 7) is 0. The Labute approximate surface area is 110 Å². The minimum Gasteiger partial charge on any atom is -0.497 e. The van der Waals surface area contributed by atoms with Crippen molar-refractivity contribution in [2.75, 3.05) is 19.1 Å². The quantitative estimate of drug-likeness (QED) is 0.879. The average Bonchev–Trinajstić information content (AvgIpc) is 2.72. The van der Waals surface area contributed by atoms with E-state index in [4.69, 9.17) is 20.5 Å². The third-order valence-electron chi connectivity index (χ3n) is 2.89. The Bertz CT molecular complexity index is 602. The van der Waals surface area contributed by atoms with Gasteiger partial charge in [0.25, 0.3) is 0 Å². The molecule has 1 aliphatic heterocycles. The molecule has 2 rings (SSSR count). The van der Waals surface area contributed by atoms with Crippen LogP contribution in [0.3, 0.4) is 0 Å². The Morgan fingerprint density at radius 3 is 2.63 bits per heavy atom. The lowest BCUT2D eigenvalue weighted by atomic mass is 10.2. The van der Waals surface area contributed by atoms with Gasteiger partial charge < -0.3 is 15.2 Å². The maximum Gasteiger partial charge on any atom is 0.238 e. The van der Waals surface area contributed by atoms with Crippen LogP contribution in [0.25, 0.3) is 0 Å². The van der Waals surface area contributed by atoms with E-state index >= 15 is 0 Å². The Morgan fingerprint density at radius 2 is 2.11 bits per heavy atom. The number of carbonyl (C=O) groups excluding carboxylic acids is 1. The van der Waals surface area contributed by atoms with Crippen molar-refractivity contribution in [1.82, 2.24) is 0 Å². The number of methoxy groups -OCH3 is 2. The highest BCUT2D eigenvalue weighted by molar-refractivity contribution is 6.03. The number of amides is 1. The van der Waals surface area contributed by atoms with Crippen LogP contribution in [0.15, 0.2) is 29.6 Å². The molecule has 0 saturated carbocycles. The highest BCUT2D eigenvalue weighted by atomic mass is 16.5. The van der Waals surface area contributed by atoms with Gasteiger partial charge in [-0.1, -0.05) is 0 Å². The highest BCUT2D eigenvalue weighted by Crippen LogP contribution is 2.36. The molecule has 0 saturated heterocycles. The number of carbonyl (C=O) groups is 1. The monoisotopic (exact) mass is 259 g/mol. The maximum atomic E-state index is 11.9. The van der Waals surface area contributed by atoms with E-state index in [2.05, 4.69) is 0 Å². The van der Waals surface area contributed by atoms with Crippen molar-refractivity contribution in [3.63, 3.8) is 0 Å². The van der Waals surface area contributed by atoms with Crippen LogP contribution in [-0.4, -0.2) is 20.1 Å². The highest BCUT2D eigenvalue weighted by Gasteiger charge is 2.31. The molecular weight excluding hydrogens is 246 g/mol. The van der Waals surface area contributed by atoms with Crippen molar-refractivity contribution < 1.29 is 14.3 Å². The molecule has 1 aliphatic rings. The molecule has 1 amide bonds. The molecule has 0 bridgehead atoms. The third-order valence-corrected chi connectivity index (χ3v) is 2.89. The Morgan fingerprint density at radius 1 is 1.37 bits per heavy atom.